The smallest absolute Gasteiger partial charge is 0.147 e. The fourth-order valence-electron chi connectivity index (χ4n) is 1.77. The van der Waals surface area contributed by atoms with Crippen LogP contribution in [0.3, 0.4) is 0 Å². The lowest BCUT2D eigenvalue weighted by atomic mass is 10.2. The Hall–Kier alpha value is -1.65. The summed E-state index contributed by atoms with van der Waals surface area (Å²) in [5.41, 5.74) is 5.74. The van der Waals surface area contributed by atoms with Crippen molar-refractivity contribution in [3.8, 4) is 0 Å². The van der Waals surface area contributed by atoms with Gasteiger partial charge in [0.05, 0.1) is 12.4 Å². The third-order valence-electron chi connectivity index (χ3n) is 2.66. The molecule has 1 fully saturated rings. The van der Waals surface area contributed by atoms with Crippen LogP contribution in [0.15, 0.2) is 12.4 Å². The fraction of sp³-hybridized carbons (Fsp3) is 0.500. The Balaban J connectivity index is 2.13. The average molecular weight is 205 g/mol. The van der Waals surface area contributed by atoms with Crippen molar-refractivity contribution in [1.29, 1.82) is 5.41 Å². The van der Waals surface area contributed by atoms with E-state index in [-0.39, 0.29) is 5.84 Å². The highest BCUT2D eigenvalue weighted by Crippen LogP contribution is 2.20. The number of hydrogen-bond acceptors (Lipinski definition) is 4. The molecule has 0 amide bonds. The molecule has 1 aliphatic heterocycles. The molecule has 5 heteroatoms. The van der Waals surface area contributed by atoms with Crippen molar-refractivity contribution < 1.29 is 0 Å². The highest BCUT2D eigenvalue weighted by Gasteiger charge is 2.19. The number of nitrogens with zero attached hydrogens (tertiary/aromatic N) is 3. The van der Waals surface area contributed by atoms with E-state index in [2.05, 4.69) is 21.8 Å². The summed E-state index contributed by atoms with van der Waals surface area (Å²) in [6.07, 6.45) is 4.45. The molecule has 0 bridgehead atoms. The molecule has 1 saturated heterocycles. The van der Waals surface area contributed by atoms with Crippen LogP contribution < -0.4 is 10.6 Å². The molecule has 0 aromatic carbocycles. The zero-order chi connectivity index (χ0) is 10.8. The topological polar surface area (TPSA) is 78.9 Å². The number of anilines is 1. The molecule has 1 atom stereocenters. The lowest BCUT2D eigenvalue weighted by Crippen LogP contribution is -2.21. The van der Waals surface area contributed by atoms with Gasteiger partial charge in [0.15, 0.2) is 0 Å². The third kappa shape index (κ3) is 2.06. The van der Waals surface area contributed by atoms with E-state index in [4.69, 9.17) is 11.1 Å². The van der Waals surface area contributed by atoms with Crippen LogP contribution in [0.5, 0.6) is 0 Å². The number of amidine groups is 1. The Morgan fingerprint density at radius 2 is 2.33 bits per heavy atom. The van der Waals surface area contributed by atoms with Gasteiger partial charge in [0.2, 0.25) is 0 Å². The van der Waals surface area contributed by atoms with Crippen molar-refractivity contribution in [2.45, 2.75) is 13.3 Å². The van der Waals surface area contributed by atoms with Gasteiger partial charge in [0, 0.05) is 13.1 Å². The first-order valence-electron chi connectivity index (χ1n) is 5.08. The van der Waals surface area contributed by atoms with E-state index in [1.807, 2.05) is 0 Å². The maximum atomic E-state index is 7.21. The van der Waals surface area contributed by atoms with Crippen LogP contribution in [0.4, 0.5) is 5.82 Å². The van der Waals surface area contributed by atoms with Crippen molar-refractivity contribution in [2.75, 3.05) is 18.0 Å². The van der Waals surface area contributed by atoms with Crippen molar-refractivity contribution >= 4 is 11.7 Å². The van der Waals surface area contributed by atoms with Gasteiger partial charge in [-0.2, -0.15) is 0 Å². The minimum atomic E-state index is -0.0381. The molecule has 0 radical (unpaired) electrons. The van der Waals surface area contributed by atoms with Gasteiger partial charge in [0.25, 0.3) is 0 Å². The van der Waals surface area contributed by atoms with E-state index in [0.717, 1.165) is 24.8 Å². The largest absolute Gasteiger partial charge is 0.382 e. The van der Waals surface area contributed by atoms with Crippen LogP contribution in [-0.2, 0) is 0 Å². The molecule has 1 aromatic heterocycles. The molecule has 5 nitrogen and oxygen atoms in total. The second kappa shape index (κ2) is 3.84. The zero-order valence-electron chi connectivity index (χ0n) is 8.77. The SMILES string of the molecule is CC1CCN(c2cnc(C(=N)N)cn2)C1. The molecule has 0 aliphatic carbocycles. The summed E-state index contributed by atoms with van der Waals surface area (Å²) in [6, 6.07) is 0. The predicted molar refractivity (Wildman–Crippen MR) is 59.0 cm³/mol. The Morgan fingerprint density at radius 3 is 2.80 bits per heavy atom. The average Bonchev–Trinajstić information content (AvgIpc) is 2.65. The van der Waals surface area contributed by atoms with E-state index in [1.54, 1.807) is 12.4 Å². The minimum absolute atomic E-state index is 0.0381. The molecule has 1 unspecified atom stereocenters. The normalized spacial score (nSPS) is 20.6. The summed E-state index contributed by atoms with van der Waals surface area (Å²) < 4.78 is 0. The van der Waals surface area contributed by atoms with Crippen LogP contribution in [-0.4, -0.2) is 28.9 Å². The Kier molecular flexibility index (Phi) is 2.53. The number of rotatable bonds is 2. The van der Waals surface area contributed by atoms with Crippen molar-refractivity contribution in [3.63, 3.8) is 0 Å². The van der Waals surface area contributed by atoms with Crippen molar-refractivity contribution in [2.24, 2.45) is 11.7 Å². The van der Waals surface area contributed by atoms with Gasteiger partial charge in [0.1, 0.15) is 17.3 Å². The number of aromatic nitrogens is 2. The van der Waals surface area contributed by atoms with Gasteiger partial charge in [-0.05, 0) is 12.3 Å². The van der Waals surface area contributed by atoms with E-state index >= 15 is 0 Å². The van der Waals surface area contributed by atoms with Gasteiger partial charge >= 0.3 is 0 Å². The predicted octanol–water partition coefficient (Wildman–Crippen LogP) is 0.607. The highest BCUT2D eigenvalue weighted by molar-refractivity contribution is 5.92. The molecule has 0 spiro atoms. The summed E-state index contributed by atoms with van der Waals surface area (Å²) >= 11 is 0. The first-order chi connectivity index (χ1) is 7.16. The second-order valence-electron chi connectivity index (χ2n) is 4.01. The Morgan fingerprint density at radius 1 is 1.53 bits per heavy atom. The first kappa shape index (κ1) is 9.89. The summed E-state index contributed by atoms with van der Waals surface area (Å²) in [5.74, 6) is 1.56. The molecule has 3 N–H and O–H groups in total. The Labute approximate surface area is 88.8 Å². The molecule has 2 heterocycles. The molecular weight excluding hydrogens is 190 g/mol. The van der Waals surface area contributed by atoms with Gasteiger partial charge in [-0.3, -0.25) is 5.41 Å². The number of nitrogens with two attached hydrogens (primary N) is 1. The highest BCUT2D eigenvalue weighted by atomic mass is 15.2. The molecule has 80 valence electrons. The first-order valence-corrected chi connectivity index (χ1v) is 5.08. The summed E-state index contributed by atoms with van der Waals surface area (Å²) in [5, 5.41) is 7.21. The molecule has 1 aliphatic rings. The summed E-state index contributed by atoms with van der Waals surface area (Å²) in [4.78, 5) is 10.6. The fourth-order valence-corrected chi connectivity index (χ4v) is 1.77. The number of nitrogen functional groups attached to an aromatic ring is 1. The second-order valence-corrected chi connectivity index (χ2v) is 4.01. The van der Waals surface area contributed by atoms with Crippen LogP contribution in [0.2, 0.25) is 0 Å². The van der Waals surface area contributed by atoms with Crippen molar-refractivity contribution in [1.82, 2.24) is 9.97 Å². The molecule has 2 rings (SSSR count). The Bertz CT molecular complexity index is 359. The van der Waals surface area contributed by atoms with E-state index < -0.39 is 0 Å². The standard InChI is InChI=1S/C10H15N5/c1-7-2-3-15(6-7)9-5-13-8(4-14-9)10(11)12/h4-5,7H,2-3,6H2,1H3,(H3,11,12). The van der Waals surface area contributed by atoms with Crippen molar-refractivity contribution in [3.05, 3.63) is 18.1 Å². The van der Waals surface area contributed by atoms with Crippen LogP contribution >= 0.6 is 0 Å². The zero-order valence-corrected chi connectivity index (χ0v) is 8.77. The molecule has 1 aromatic rings. The van der Waals surface area contributed by atoms with Gasteiger partial charge in [-0.25, -0.2) is 9.97 Å². The van der Waals surface area contributed by atoms with Crippen LogP contribution in [0.1, 0.15) is 19.0 Å². The van der Waals surface area contributed by atoms with E-state index in [9.17, 15) is 0 Å². The van der Waals surface area contributed by atoms with Crippen LogP contribution in [0, 0.1) is 11.3 Å². The van der Waals surface area contributed by atoms with Crippen LogP contribution in [0.25, 0.3) is 0 Å². The molecule has 15 heavy (non-hydrogen) atoms. The number of hydrogen-bond donors (Lipinski definition) is 2. The third-order valence-corrected chi connectivity index (χ3v) is 2.66. The minimum Gasteiger partial charge on any atom is -0.382 e. The van der Waals surface area contributed by atoms with Gasteiger partial charge in [-0.15, -0.1) is 0 Å². The van der Waals surface area contributed by atoms with Gasteiger partial charge < -0.3 is 10.6 Å². The lowest BCUT2D eigenvalue weighted by molar-refractivity contribution is 0.658. The summed E-state index contributed by atoms with van der Waals surface area (Å²) in [6.45, 7) is 4.31. The lowest BCUT2D eigenvalue weighted by Gasteiger charge is -2.16. The molecule has 0 saturated carbocycles. The van der Waals surface area contributed by atoms with E-state index in [1.165, 1.54) is 6.42 Å². The van der Waals surface area contributed by atoms with Gasteiger partial charge in [-0.1, -0.05) is 6.92 Å². The van der Waals surface area contributed by atoms with E-state index in [0.29, 0.717) is 5.69 Å². The maximum Gasteiger partial charge on any atom is 0.147 e. The molecular formula is C10H15N5. The number of nitrogens with one attached hydrogen (secondary N) is 1. The summed E-state index contributed by atoms with van der Waals surface area (Å²) in [7, 11) is 0. The monoisotopic (exact) mass is 205 g/mol. The maximum absolute atomic E-state index is 7.21. The quantitative estimate of drug-likeness (QED) is 0.547.